The molecule has 1 heterocycles. The largest absolute Gasteiger partial charge is 0.491 e. The predicted molar refractivity (Wildman–Crippen MR) is 76.8 cm³/mol. The van der Waals surface area contributed by atoms with E-state index in [1.54, 1.807) is 13.3 Å². The zero-order valence-corrected chi connectivity index (χ0v) is 11.7. The maximum atomic E-state index is 10.5. The van der Waals surface area contributed by atoms with Crippen LogP contribution in [-0.4, -0.2) is 30.4 Å². The van der Waals surface area contributed by atoms with Gasteiger partial charge in [-0.3, -0.25) is 4.98 Å². The molecular formula is C16H19NO3. The fourth-order valence-corrected chi connectivity index (χ4v) is 1.94. The number of para-hydroxylation sites is 1. The Morgan fingerprint density at radius 3 is 2.75 bits per heavy atom. The van der Waals surface area contributed by atoms with Crippen LogP contribution in [0.3, 0.4) is 0 Å². The van der Waals surface area contributed by atoms with Gasteiger partial charge in [0, 0.05) is 18.9 Å². The number of benzene rings is 1. The Hall–Kier alpha value is -1.91. The number of hydrogen-bond acceptors (Lipinski definition) is 4. The molecule has 1 aromatic carbocycles. The standard InChI is InChI=1S/C16H19NO3/c1-12-7-8-17-14(11-12)16(18)13-5-3-4-6-15(13)20-10-9-19-2/h3-8,11,16,18H,9-10H2,1-2H3. The smallest absolute Gasteiger partial charge is 0.125 e. The van der Waals surface area contributed by atoms with Crippen molar-refractivity contribution >= 4 is 0 Å². The van der Waals surface area contributed by atoms with E-state index in [1.807, 2.05) is 43.3 Å². The van der Waals surface area contributed by atoms with Crippen molar-refractivity contribution in [2.45, 2.75) is 13.0 Å². The van der Waals surface area contributed by atoms with Crippen LogP contribution in [0.4, 0.5) is 0 Å². The molecule has 4 heteroatoms. The van der Waals surface area contributed by atoms with E-state index in [1.165, 1.54) is 0 Å². The first-order valence-electron chi connectivity index (χ1n) is 6.53. The molecule has 106 valence electrons. The van der Waals surface area contributed by atoms with E-state index in [0.717, 1.165) is 5.56 Å². The number of pyridine rings is 1. The molecule has 1 aromatic heterocycles. The SMILES string of the molecule is COCCOc1ccccc1C(O)c1cc(C)ccn1. The lowest BCUT2D eigenvalue weighted by Gasteiger charge is -2.16. The number of aliphatic hydroxyl groups excluding tert-OH is 1. The van der Waals surface area contributed by atoms with E-state index in [0.29, 0.717) is 30.2 Å². The Balaban J connectivity index is 2.23. The van der Waals surface area contributed by atoms with E-state index in [9.17, 15) is 5.11 Å². The van der Waals surface area contributed by atoms with E-state index in [2.05, 4.69) is 4.98 Å². The van der Waals surface area contributed by atoms with E-state index in [-0.39, 0.29) is 0 Å². The quantitative estimate of drug-likeness (QED) is 0.822. The van der Waals surface area contributed by atoms with Crippen molar-refractivity contribution in [1.82, 2.24) is 4.98 Å². The Bertz CT molecular complexity index is 557. The van der Waals surface area contributed by atoms with Crippen molar-refractivity contribution in [2.75, 3.05) is 20.3 Å². The molecule has 0 spiro atoms. The molecule has 0 amide bonds. The van der Waals surface area contributed by atoms with Crippen LogP contribution < -0.4 is 4.74 Å². The second-order valence-corrected chi connectivity index (χ2v) is 4.54. The van der Waals surface area contributed by atoms with E-state index >= 15 is 0 Å². The number of aliphatic hydroxyl groups is 1. The molecule has 1 unspecified atom stereocenters. The molecule has 0 fully saturated rings. The topological polar surface area (TPSA) is 51.6 Å². The number of ether oxygens (including phenoxy) is 2. The molecule has 2 rings (SSSR count). The molecule has 1 N–H and O–H groups in total. The molecule has 0 radical (unpaired) electrons. The summed E-state index contributed by atoms with van der Waals surface area (Å²) in [5.41, 5.74) is 2.39. The number of methoxy groups -OCH3 is 1. The number of rotatable bonds is 6. The Morgan fingerprint density at radius 2 is 2.00 bits per heavy atom. The molecule has 0 bridgehead atoms. The van der Waals surface area contributed by atoms with Gasteiger partial charge in [0.15, 0.2) is 0 Å². The molecular weight excluding hydrogens is 254 g/mol. The van der Waals surface area contributed by atoms with Gasteiger partial charge in [0.25, 0.3) is 0 Å². The normalized spacial score (nSPS) is 12.2. The molecule has 0 saturated carbocycles. The van der Waals surface area contributed by atoms with Gasteiger partial charge in [-0.25, -0.2) is 0 Å². The Morgan fingerprint density at radius 1 is 1.20 bits per heavy atom. The summed E-state index contributed by atoms with van der Waals surface area (Å²) < 4.78 is 10.6. The van der Waals surface area contributed by atoms with Crippen molar-refractivity contribution in [3.05, 3.63) is 59.4 Å². The third kappa shape index (κ3) is 3.56. The van der Waals surface area contributed by atoms with Gasteiger partial charge in [0.1, 0.15) is 18.5 Å². The van der Waals surface area contributed by atoms with Crippen molar-refractivity contribution in [2.24, 2.45) is 0 Å². The third-order valence-electron chi connectivity index (χ3n) is 2.98. The minimum Gasteiger partial charge on any atom is -0.491 e. The van der Waals surface area contributed by atoms with Gasteiger partial charge in [0.2, 0.25) is 0 Å². The lowest BCUT2D eigenvalue weighted by Crippen LogP contribution is -2.09. The monoisotopic (exact) mass is 273 g/mol. The average Bonchev–Trinajstić information content (AvgIpc) is 2.47. The second-order valence-electron chi connectivity index (χ2n) is 4.54. The first kappa shape index (κ1) is 14.5. The maximum Gasteiger partial charge on any atom is 0.125 e. The van der Waals surface area contributed by atoms with Crippen LogP contribution >= 0.6 is 0 Å². The highest BCUT2D eigenvalue weighted by Gasteiger charge is 2.16. The summed E-state index contributed by atoms with van der Waals surface area (Å²) in [7, 11) is 1.63. The summed E-state index contributed by atoms with van der Waals surface area (Å²) in [5, 5.41) is 10.5. The molecule has 0 aliphatic rings. The van der Waals surface area contributed by atoms with Crippen LogP contribution in [0.25, 0.3) is 0 Å². The summed E-state index contributed by atoms with van der Waals surface area (Å²) in [6, 6.07) is 11.2. The summed E-state index contributed by atoms with van der Waals surface area (Å²) in [6.07, 6.45) is 0.899. The first-order chi connectivity index (χ1) is 9.72. The van der Waals surface area contributed by atoms with Crippen LogP contribution in [0.2, 0.25) is 0 Å². The summed E-state index contributed by atoms with van der Waals surface area (Å²) in [4.78, 5) is 4.22. The van der Waals surface area contributed by atoms with Crippen molar-refractivity contribution in [3.8, 4) is 5.75 Å². The predicted octanol–water partition coefficient (Wildman–Crippen LogP) is 2.50. The van der Waals surface area contributed by atoms with Gasteiger partial charge in [-0.1, -0.05) is 18.2 Å². The number of hydrogen-bond donors (Lipinski definition) is 1. The van der Waals surface area contributed by atoms with Gasteiger partial charge in [-0.15, -0.1) is 0 Å². The third-order valence-corrected chi connectivity index (χ3v) is 2.98. The van der Waals surface area contributed by atoms with E-state index < -0.39 is 6.10 Å². The highest BCUT2D eigenvalue weighted by atomic mass is 16.5. The second kappa shape index (κ2) is 7.03. The number of aryl methyl sites for hydroxylation is 1. The van der Waals surface area contributed by atoms with Crippen LogP contribution in [0.5, 0.6) is 5.75 Å². The Labute approximate surface area is 119 Å². The minimum atomic E-state index is -0.798. The molecule has 2 aromatic rings. The van der Waals surface area contributed by atoms with Gasteiger partial charge in [-0.05, 0) is 30.7 Å². The molecule has 0 saturated heterocycles. The molecule has 0 aliphatic heterocycles. The van der Waals surface area contributed by atoms with Crippen LogP contribution in [0.1, 0.15) is 22.9 Å². The summed E-state index contributed by atoms with van der Waals surface area (Å²) in [6.45, 7) is 2.92. The maximum absolute atomic E-state index is 10.5. The lowest BCUT2D eigenvalue weighted by atomic mass is 10.0. The lowest BCUT2D eigenvalue weighted by molar-refractivity contribution is 0.142. The van der Waals surface area contributed by atoms with Gasteiger partial charge in [-0.2, -0.15) is 0 Å². The summed E-state index contributed by atoms with van der Waals surface area (Å²) in [5.74, 6) is 0.653. The van der Waals surface area contributed by atoms with Crippen molar-refractivity contribution in [1.29, 1.82) is 0 Å². The van der Waals surface area contributed by atoms with Crippen LogP contribution in [0.15, 0.2) is 42.6 Å². The average molecular weight is 273 g/mol. The van der Waals surface area contributed by atoms with Crippen molar-refractivity contribution in [3.63, 3.8) is 0 Å². The van der Waals surface area contributed by atoms with Crippen LogP contribution in [-0.2, 0) is 4.74 Å². The van der Waals surface area contributed by atoms with Crippen LogP contribution in [0, 0.1) is 6.92 Å². The molecule has 0 aliphatic carbocycles. The fourth-order valence-electron chi connectivity index (χ4n) is 1.94. The van der Waals surface area contributed by atoms with E-state index in [4.69, 9.17) is 9.47 Å². The minimum absolute atomic E-state index is 0.446. The highest BCUT2D eigenvalue weighted by Crippen LogP contribution is 2.29. The number of aromatic nitrogens is 1. The molecule has 20 heavy (non-hydrogen) atoms. The van der Waals surface area contributed by atoms with Gasteiger partial charge in [0.05, 0.1) is 12.3 Å². The number of nitrogens with zero attached hydrogens (tertiary/aromatic N) is 1. The molecule has 4 nitrogen and oxygen atoms in total. The zero-order valence-electron chi connectivity index (χ0n) is 11.7. The zero-order chi connectivity index (χ0) is 14.4. The van der Waals surface area contributed by atoms with Gasteiger partial charge >= 0.3 is 0 Å². The molecule has 1 atom stereocenters. The fraction of sp³-hybridized carbons (Fsp3) is 0.312. The highest BCUT2D eigenvalue weighted by molar-refractivity contribution is 5.39. The Kier molecular flexibility index (Phi) is 5.09. The first-order valence-corrected chi connectivity index (χ1v) is 6.53. The van der Waals surface area contributed by atoms with Crippen molar-refractivity contribution < 1.29 is 14.6 Å². The van der Waals surface area contributed by atoms with Gasteiger partial charge < -0.3 is 14.6 Å². The summed E-state index contributed by atoms with van der Waals surface area (Å²) >= 11 is 0.